The molecular formula is C16H17NO3. The van der Waals surface area contributed by atoms with Gasteiger partial charge < -0.3 is 19.9 Å². The molecule has 1 saturated heterocycles. The molecule has 0 bridgehead atoms. The van der Waals surface area contributed by atoms with Gasteiger partial charge in [-0.1, -0.05) is 30.3 Å². The minimum atomic E-state index is -0.486. The Bertz CT molecular complexity index is 559. The normalized spacial score (nSPS) is 21.6. The van der Waals surface area contributed by atoms with Crippen LogP contribution in [-0.2, 0) is 4.74 Å². The summed E-state index contributed by atoms with van der Waals surface area (Å²) >= 11 is 0. The third kappa shape index (κ3) is 2.92. The Balaban J connectivity index is 1.77. The molecule has 1 aliphatic heterocycles. The smallest absolute Gasteiger partial charge is 0.150 e. The molecule has 4 nitrogen and oxygen atoms in total. The van der Waals surface area contributed by atoms with Gasteiger partial charge in [0, 0.05) is 0 Å². The summed E-state index contributed by atoms with van der Waals surface area (Å²) in [4.78, 5) is 0. The van der Waals surface area contributed by atoms with Crippen LogP contribution in [0.5, 0.6) is 11.5 Å². The molecule has 2 N–H and O–H groups in total. The zero-order chi connectivity index (χ0) is 13.8. The maximum Gasteiger partial charge on any atom is 0.150 e. The van der Waals surface area contributed by atoms with Crippen LogP contribution < -0.4 is 10.1 Å². The largest absolute Gasteiger partial charge is 0.455 e. The number of aliphatic hydroxyl groups excluding tert-OH is 1. The molecule has 104 valence electrons. The van der Waals surface area contributed by atoms with E-state index >= 15 is 0 Å². The molecule has 2 aromatic carbocycles. The van der Waals surface area contributed by atoms with Gasteiger partial charge in [-0.05, 0) is 24.3 Å². The van der Waals surface area contributed by atoms with Crippen LogP contribution in [0.15, 0.2) is 54.6 Å². The molecule has 1 aliphatic rings. The topological polar surface area (TPSA) is 50.7 Å². The van der Waals surface area contributed by atoms with Gasteiger partial charge in [0.05, 0.1) is 31.0 Å². The van der Waals surface area contributed by atoms with E-state index in [2.05, 4.69) is 5.32 Å². The fourth-order valence-electron chi connectivity index (χ4n) is 2.17. The number of para-hydroxylation sites is 3. The highest BCUT2D eigenvalue weighted by molar-refractivity contribution is 5.58. The van der Waals surface area contributed by atoms with Crippen LogP contribution in [0, 0.1) is 0 Å². The molecule has 0 aliphatic carbocycles. The molecule has 2 aromatic rings. The third-order valence-corrected chi connectivity index (χ3v) is 3.25. The molecule has 3 rings (SSSR count). The fraction of sp³-hybridized carbons (Fsp3) is 0.250. The van der Waals surface area contributed by atoms with Crippen LogP contribution in [0.3, 0.4) is 0 Å². The molecule has 1 heterocycles. The molecule has 0 spiro atoms. The van der Waals surface area contributed by atoms with Gasteiger partial charge in [-0.15, -0.1) is 0 Å². The van der Waals surface area contributed by atoms with Crippen LogP contribution >= 0.6 is 0 Å². The summed E-state index contributed by atoms with van der Waals surface area (Å²) in [5, 5.41) is 13.1. The maximum atomic E-state index is 9.80. The molecule has 1 fully saturated rings. The average molecular weight is 271 g/mol. The molecule has 0 saturated carbocycles. The second-order valence-electron chi connectivity index (χ2n) is 4.77. The van der Waals surface area contributed by atoms with E-state index in [-0.39, 0.29) is 6.04 Å². The summed E-state index contributed by atoms with van der Waals surface area (Å²) in [7, 11) is 0. The zero-order valence-corrected chi connectivity index (χ0v) is 11.0. The van der Waals surface area contributed by atoms with E-state index in [9.17, 15) is 5.11 Å². The summed E-state index contributed by atoms with van der Waals surface area (Å²) in [6, 6.07) is 17.2. The van der Waals surface area contributed by atoms with E-state index in [1.807, 2.05) is 54.6 Å². The molecule has 2 unspecified atom stereocenters. The lowest BCUT2D eigenvalue weighted by molar-refractivity contribution is 0.125. The van der Waals surface area contributed by atoms with Gasteiger partial charge >= 0.3 is 0 Å². The molecular weight excluding hydrogens is 254 g/mol. The zero-order valence-electron chi connectivity index (χ0n) is 11.0. The highest BCUT2D eigenvalue weighted by Crippen LogP contribution is 2.30. The van der Waals surface area contributed by atoms with Crippen LogP contribution in [0.2, 0.25) is 0 Å². The Morgan fingerprint density at radius 3 is 2.50 bits per heavy atom. The van der Waals surface area contributed by atoms with Crippen molar-refractivity contribution < 1.29 is 14.6 Å². The Kier molecular flexibility index (Phi) is 3.85. The minimum Gasteiger partial charge on any atom is -0.455 e. The number of ether oxygens (including phenoxy) is 2. The monoisotopic (exact) mass is 271 g/mol. The van der Waals surface area contributed by atoms with Crippen molar-refractivity contribution in [1.29, 1.82) is 0 Å². The summed E-state index contributed by atoms with van der Waals surface area (Å²) in [5.74, 6) is 1.52. The van der Waals surface area contributed by atoms with E-state index in [0.29, 0.717) is 13.2 Å². The lowest BCUT2D eigenvalue weighted by atomic mass is 10.2. The molecule has 2 atom stereocenters. The summed E-state index contributed by atoms with van der Waals surface area (Å²) < 4.78 is 11.1. The molecule has 4 heteroatoms. The number of aliphatic hydroxyl groups is 1. The number of anilines is 1. The van der Waals surface area contributed by atoms with Gasteiger partial charge in [0.25, 0.3) is 0 Å². The first-order chi connectivity index (χ1) is 9.83. The standard InChI is InChI=1S/C16H17NO3/c18-15-11-19-10-14(15)17-13-8-4-5-9-16(13)20-12-6-2-1-3-7-12/h1-9,14-15,17-18H,10-11H2. The first-order valence-electron chi connectivity index (χ1n) is 6.67. The number of benzene rings is 2. The van der Waals surface area contributed by atoms with Crippen LogP contribution in [0.4, 0.5) is 5.69 Å². The molecule has 0 aromatic heterocycles. The van der Waals surface area contributed by atoms with Crippen molar-refractivity contribution in [2.75, 3.05) is 18.5 Å². The van der Waals surface area contributed by atoms with Gasteiger partial charge in [-0.2, -0.15) is 0 Å². The van der Waals surface area contributed by atoms with E-state index in [1.165, 1.54) is 0 Å². The van der Waals surface area contributed by atoms with Crippen molar-refractivity contribution in [1.82, 2.24) is 0 Å². The Morgan fingerprint density at radius 2 is 1.75 bits per heavy atom. The summed E-state index contributed by atoms with van der Waals surface area (Å²) in [5.41, 5.74) is 0.853. The summed E-state index contributed by atoms with van der Waals surface area (Å²) in [6.45, 7) is 0.875. The Labute approximate surface area is 118 Å². The van der Waals surface area contributed by atoms with E-state index < -0.39 is 6.10 Å². The predicted molar refractivity (Wildman–Crippen MR) is 77.2 cm³/mol. The van der Waals surface area contributed by atoms with Crippen molar-refractivity contribution in [3.8, 4) is 11.5 Å². The van der Waals surface area contributed by atoms with Gasteiger partial charge in [0.15, 0.2) is 5.75 Å². The molecule has 20 heavy (non-hydrogen) atoms. The Morgan fingerprint density at radius 1 is 1.00 bits per heavy atom. The van der Waals surface area contributed by atoms with Crippen LogP contribution in [0.1, 0.15) is 0 Å². The molecule has 0 amide bonds. The van der Waals surface area contributed by atoms with E-state index in [0.717, 1.165) is 17.2 Å². The number of nitrogens with one attached hydrogen (secondary N) is 1. The lowest BCUT2D eigenvalue weighted by Crippen LogP contribution is -2.31. The van der Waals surface area contributed by atoms with Crippen LogP contribution in [-0.4, -0.2) is 30.5 Å². The van der Waals surface area contributed by atoms with Gasteiger partial charge in [0.1, 0.15) is 5.75 Å². The lowest BCUT2D eigenvalue weighted by Gasteiger charge is -2.18. The second kappa shape index (κ2) is 5.94. The quantitative estimate of drug-likeness (QED) is 0.897. The Hall–Kier alpha value is -2.04. The first-order valence-corrected chi connectivity index (χ1v) is 6.67. The highest BCUT2D eigenvalue weighted by Gasteiger charge is 2.26. The first kappa shape index (κ1) is 13.0. The van der Waals surface area contributed by atoms with Gasteiger partial charge in [0.2, 0.25) is 0 Å². The van der Waals surface area contributed by atoms with Crippen molar-refractivity contribution in [3.05, 3.63) is 54.6 Å². The maximum absolute atomic E-state index is 9.80. The third-order valence-electron chi connectivity index (χ3n) is 3.25. The number of hydrogen-bond donors (Lipinski definition) is 2. The fourth-order valence-corrected chi connectivity index (χ4v) is 2.17. The van der Waals surface area contributed by atoms with Gasteiger partial charge in [-0.3, -0.25) is 0 Å². The van der Waals surface area contributed by atoms with Crippen molar-refractivity contribution in [2.24, 2.45) is 0 Å². The van der Waals surface area contributed by atoms with Gasteiger partial charge in [-0.25, -0.2) is 0 Å². The SMILES string of the molecule is OC1COCC1Nc1ccccc1Oc1ccccc1. The van der Waals surface area contributed by atoms with Crippen molar-refractivity contribution >= 4 is 5.69 Å². The van der Waals surface area contributed by atoms with E-state index in [4.69, 9.17) is 9.47 Å². The molecule has 0 radical (unpaired) electrons. The minimum absolute atomic E-state index is 0.101. The number of hydrogen-bond acceptors (Lipinski definition) is 4. The average Bonchev–Trinajstić information content (AvgIpc) is 2.88. The predicted octanol–water partition coefficient (Wildman–Crippen LogP) is 2.65. The highest BCUT2D eigenvalue weighted by atomic mass is 16.5. The second-order valence-corrected chi connectivity index (χ2v) is 4.77. The number of rotatable bonds is 4. The van der Waals surface area contributed by atoms with Crippen LogP contribution in [0.25, 0.3) is 0 Å². The van der Waals surface area contributed by atoms with Crippen molar-refractivity contribution in [3.63, 3.8) is 0 Å². The van der Waals surface area contributed by atoms with E-state index in [1.54, 1.807) is 0 Å². The summed E-state index contributed by atoms with van der Waals surface area (Å²) in [6.07, 6.45) is -0.486. The van der Waals surface area contributed by atoms with Crippen molar-refractivity contribution in [2.45, 2.75) is 12.1 Å².